The molecule has 0 aromatic heterocycles. The minimum absolute atomic E-state index is 0.0304. The second-order valence-corrected chi connectivity index (χ2v) is 20.2. The summed E-state index contributed by atoms with van der Waals surface area (Å²) in [6, 6.07) is -7.36. The maximum Gasteiger partial charge on any atom is 0.332 e. The van der Waals surface area contributed by atoms with Gasteiger partial charge in [0.05, 0.1) is 32.5 Å². The van der Waals surface area contributed by atoms with Gasteiger partial charge in [-0.25, -0.2) is 25.8 Å². The van der Waals surface area contributed by atoms with E-state index in [2.05, 4.69) is 30.0 Å². The number of hydrazine groups is 2. The van der Waals surface area contributed by atoms with Gasteiger partial charge in [0.25, 0.3) is 29.5 Å². The molecule has 0 aromatic carbocycles. The largest absolute Gasteiger partial charge is 0.458 e. The summed E-state index contributed by atoms with van der Waals surface area (Å²) < 4.78 is 18.4. The van der Waals surface area contributed by atoms with Gasteiger partial charge in [0.2, 0.25) is 17.3 Å². The summed E-state index contributed by atoms with van der Waals surface area (Å²) in [6.45, 7) is 13.6. The summed E-state index contributed by atoms with van der Waals surface area (Å²) in [6.07, 6.45) is 1.23. The number of nitrogens with one attached hydrogen (secondary N) is 3. The number of carbonyl (C=O) groups is 7. The minimum Gasteiger partial charge on any atom is -0.458 e. The monoisotopic (exact) mass is 951 g/mol. The molecule has 6 rings (SSSR count). The third kappa shape index (κ3) is 10.3. The Hall–Kier alpha value is -4.03. The van der Waals surface area contributed by atoms with Gasteiger partial charge < -0.3 is 34.6 Å². The van der Waals surface area contributed by atoms with Crippen molar-refractivity contribution in [2.45, 2.75) is 173 Å². The second kappa shape index (κ2) is 20.9. The summed E-state index contributed by atoms with van der Waals surface area (Å²) in [5.74, 6) is -9.07. The number of aliphatic hydroxyl groups is 2. The molecule has 0 aliphatic carbocycles. The van der Waals surface area contributed by atoms with Crippen molar-refractivity contribution in [3.63, 3.8) is 0 Å². The van der Waals surface area contributed by atoms with E-state index in [1.54, 1.807) is 27.7 Å². The molecule has 6 heterocycles. The molecule has 6 aliphatic heterocycles. The highest BCUT2D eigenvalue weighted by Gasteiger charge is 2.70. The van der Waals surface area contributed by atoms with E-state index < -0.39 is 119 Å². The van der Waals surface area contributed by atoms with Crippen molar-refractivity contribution in [2.75, 3.05) is 47.0 Å². The van der Waals surface area contributed by atoms with Crippen molar-refractivity contribution in [3.05, 3.63) is 0 Å². The Balaban J connectivity index is 1.44. The molecule has 5 N–H and O–H groups in total. The molecule has 0 aromatic rings. The van der Waals surface area contributed by atoms with Crippen LogP contribution in [0.2, 0.25) is 0 Å². The molecule has 0 saturated carbocycles. The highest BCUT2D eigenvalue weighted by molar-refractivity contribution is 5.98. The standard InChI is InChI=1S/C45H74N8O14/c1-11-31-28(22-25(2)3)16-17-45(62,67-31)44(24-65-44)42(60)48-33-35(27(6)7)66-41(59)34(26(4)5)53(64-10)40(58)36-43(8,61)18-21-49(36)37(55)29-14-12-19-46-51(29)32(54)23-50(63-9)38(56)30-15-13-20-47-52(30)39(33)57/h25-31,33-36,46-47,61-62H,11-24H2,1-10H3,(H,48,60). The summed E-state index contributed by atoms with van der Waals surface area (Å²) in [4.78, 5) is 115. The Morgan fingerprint density at radius 3 is 2.03 bits per heavy atom. The first-order valence-electron chi connectivity index (χ1n) is 24.0. The van der Waals surface area contributed by atoms with E-state index in [0.717, 1.165) is 33.7 Å². The fourth-order valence-electron chi connectivity index (χ4n) is 10.6. The predicted molar refractivity (Wildman–Crippen MR) is 235 cm³/mol. The van der Waals surface area contributed by atoms with Crippen molar-refractivity contribution in [1.29, 1.82) is 0 Å². The zero-order valence-corrected chi connectivity index (χ0v) is 40.8. The quantitative estimate of drug-likeness (QED) is 0.142. The lowest BCUT2D eigenvalue weighted by Gasteiger charge is -2.45. The lowest BCUT2D eigenvalue weighted by molar-refractivity contribution is -0.294. The molecule has 6 saturated heterocycles. The van der Waals surface area contributed by atoms with Gasteiger partial charge in [-0.3, -0.25) is 48.5 Å². The van der Waals surface area contributed by atoms with Gasteiger partial charge in [-0.15, -0.1) is 0 Å². The number of cyclic esters (lactones) is 1. The van der Waals surface area contributed by atoms with E-state index in [1.807, 2.05) is 6.92 Å². The van der Waals surface area contributed by atoms with Crippen LogP contribution in [0.5, 0.6) is 0 Å². The first-order valence-corrected chi connectivity index (χ1v) is 24.0. The maximum atomic E-state index is 15.3. The second-order valence-electron chi connectivity index (χ2n) is 20.2. The molecule has 6 amide bonds. The van der Waals surface area contributed by atoms with Gasteiger partial charge in [-0.2, -0.15) is 0 Å². The van der Waals surface area contributed by atoms with Crippen LogP contribution in [0, 0.1) is 23.7 Å². The normalized spacial score (nSPS) is 36.4. The van der Waals surface area contributed by atoms with Crippen molar-refractivity contribution >= 4 is 41.4 Å². The fourth-order valence-corrected chi connectivity index (χ4v) is 10.6. The van der Waals surface area contributed by atoms with Crippen LogP contribution in [0.4, 0.5) is 0 Å². The molecule has 6 aliphatic rings. The van der Waals surface area contributed by atoms with Crippen LogP contribution in [-0.2, 0) is 57.4 Å². The van der Waals surface area contributed by atoms with Gasteiger partial charge in [-0.05, 0) is 82.0 Å². The summed E-state index contributed by atoms with van der Waals surface area (Å²) >= 11 is 0. The molecule has 0 spiro atoms. The number of esters is 1. The van der Waals surface area contributed by atoms with E-state index in [1.165, 1.54) is 18.9 Å². The molecule has 0 radical (unpaired) electrons. The number of nitrogens with zero attached hydrogens (tertiary/aromatic N) is 5. The van der Waals surface area contributed by atoms with Gasteiger partial charge in [-0.1, -0.05) is 48.5 Å². The van der Waals surface area contributed by atoms with Crippen LogP contribution in [0.3, 0.4) is 0 Å². The maximum absolute atomic E-state index is 15.3. The number of hydrogen-bond donors (Lipinski definition) is 5. The molecular weight excluding hydrogens is 877 g/mol. The van der Waals surface area contributed by atoms with Crippen LogP contribution in [0.25, 0.3) is 0 Å². The molecule has 0 bridgehead atoms. The highest BCUT2D eigenvalue weighted by atomic mass is 16.7. The van der Waals surface area contributed by atoms with Crippen molar-refractivity contribution in [3.8, 4) is 0 Å². The Labute approximate surface area is 392 Å². The van der Waals surface area contributed by atoms with Crippen LogP contribution >= 0.6 is 0 Å². The average molecular weight is 951 g/mol. The van der Waals surface area contributed by atoms with E-state index in [9.17, 15) is 39.0 Å². The highest BCUT2D eigenvalue weighted by Crippen LogP contribution is 2.48. The summed E-state index contributed by atoms with van der Waals surface area (Å²) in [7, 11) is 2.34. The Bertz CT molecular complexity index is 1860. The SMILES string of the molecule is CCC1OC(O)(C2(C(=O)NC3C(=O)N4NCCCC4C(=O)N(OC)CC(=O)N4NCCCC4C(=O)N4CCC(C)(O)C4C(=O)N(OC)C(C(C)C)C(=O)OC3C(C)C)CO2)CCC1CC(C)C. The fraction of sp³-hybridized carbons (Fsp3) is 0.844. The van der Waals surface area contributed by atoms with E-state index in [-0.39, 0.29) is 51.3 Å². The first-order chi connectivity index (χ1) is 31.6. The number of rotatable bonds is 10. The molecule has 11 unspecified atom stereocenters. The molecule has 378 valence electrons. The topological polar surface area (TPSA) is 262 Å². The number of carbonyl (C=O) groups excluding carboxylic acids is 7. The number of hydrogen-bond acceptors (Lipinski definition) is 16. The lowest BCUT2D eigenvalue weighted by Crippen LogP contribution is -2.68. The van der Waals surface area contributed by atoms with Crippen LogP contribution in [0.15, 0.2) is 0 Å². The average Bonchev–Trinajstić information content (AvgIpc) is 4.06. The minimum atomic E-state index is -2.08. The molecule has 22 heteroatoms. The third-order valence-electron chi connectivity index (χ3n) is 14.3. The number of amides is 6. The lowest BCUT2D eigenvalue weighted by atomic mass is 9.80. The smallest absolute Gasteiger partial charge is 0.332 e. The Morgan fingerprint density at radius 2 is 1.48 bits per heavy atom. The van der Waals surface area contributed by atoms with E-state index in [4.69, 9.17) is 23.9 Å². The van der Waals surface area contributed by atoms with Crippen LogP contribution in [0.1, 0.15) is 113 Å². The van der Waals surface area contributed by atoms with Crippen molar-refractivity contribution < 1.29 is 67.7 Å². The summed E-state index contributed by atoms with van der Waals surface area (Å²) in [5, 5.41) is 30.4. The van der Waals surface area contributed by atoms with E-state index in [0.29, 0.717) is 38.1 Å². The molecular formula is C45H74N8O14. The summed E-state index contributed by atoms with van der Waals surface area (Å²) in [5.41, 5.74) is 2.17. The Kier molecular flexibility index (Phi) is 16.3. The molecule has 11 atom stereocenters. The third-order valence-corrected chi connectivity index (χ3v) is 14.3. The molecule has 6 fully saturated rings. The van der Waals surface area contributed by atoms with Gasteiger partial charge in [0.15, 0.2) is 6.04 Å². The van der Waals surface area contributed by atoms with Gasteiger partial charge in [0.1, 0.15) is 36.8 Å². The predicted octanol–water partition coefficient (Wildman–Crippen LogP) is -0.0908. The number of fused-ring (bicyclic) bond motifs is 3. The number of epoxide rings is 1. The van der Waals surface area contributed by atoms with Crippen molar-refractivity contribution in [2.24, 2.45) is 23.7 Å². The van der Waals surface area contributed by atoms with Gasteiger partial charge >= 0.3 is 5.97 Å². The van der Waals surface area contributed by atoms with E-state index >= 15 is 4.79 Å². The van der Waals surface area contributed by atoms with Crippen molar-refractivity contribution in [1.82, 2.24) is 41.2 Å². The zero-order valence-electron chi connectivity index (χ0n) is 40.8. The van der Waals surface area contributed by atoms with Crippen LogP contribution in [-0.4, -0.2) is 183 Å². The zero-order chi connectivity index (χ0) is 49.3. The Morgan fingerprint density at radius 1 is 0.851 bits per heavy atom. The molecule has 67 heavy (non-hydrogen) atoms. The van der Waals surface area contributed by atoms with Gasteiger partial charge in [0, 0.05) is 26.1 Å². The number of hydroxylamine groups is 4. The molecule has 22 nitrogen and oxygen atoms in total. The van der Waals surface area contributed by atoms with Crippen LogP contribution < -0.4 is 16.2 Å². The first kappa shape index (κ1) is 52.3. The number of ether oxygens (including phenoxy) is 3.